The fourth-order valence-corrected chi connectivity index (χ4v) is 2.12. The van der Waals surface area contributed by atoms with Crippen molar-refractivity contribution in [3.05, 3.63) is 65.2 Å². The molecule has 3 nitrogen and oxygen atoms in total. The van der Waals surface area contributed by atoms with Crippen molar-refractivity contribution in [3.63, 3.8) is 0 Å². The van der Waals surface area contributed by atoms with E-state index in [1.165, 1.54) is 12.1 Å². The molecule has 24 heavy (non-hydrogen) atoms. The van der Waals surface area contributed by atoms with E-state index in [1.54, 1.807) is 19.1 Å². The molecule has 6 heteroatoms. The number of aryl methyl sites for hydroxylation is 1. The summed E-state index contributed by atoms with van der Waals surface area (Å²) in [5.41, 5.74) is 0.537. The second-order valence-corrected chi connectivity index (χ2v) is 5.44. The number of benzene rings is 2. The minimum absolute atomic E-state index is 0.00419. The predicted octanol–water partition coefficient (Wildman–Crippen LogP) is 4.10. The van der Waals surface area contributed by atoms with Gasteiger partial charge in [-0.2, -0.15) is 13.2 Å². The highest BCUT2D eigenvalue weighted by Crippen LogP contribution is 2.29. The Morgan fingerprint density at radius 3 is 2.54 bits per heavy atom. The van der Waals surface area contributed by atoms with E-state index in [4.69, 9.17) is 4.74 Å². The van der Waals surface area contributed by atoms with E-state index >= 15 is 0 Å². The van der Waals surface area contributed by atoms with Crippen molar-refractivity contribution >= 4 is 5.91 Å². The number of hydrogen-bond acceptors (Lipinski definition) is 2. The van der Waals surface area contributed by atoms with Crippen LogP contribution < -0.4 is 10.1 Å². The molecule has 0 spiro atoms. The van der Waals surface area contributed by atoms with Gasteiger partial charge in [-0.05, 0) is 43.2 Å². The van der Waals surface area contributed by atoms with E-state index in [2.05, 4.69) is 5.32 Å². The first kappa shape index (κ1) is 17.8. The standard InChI is InChI=1S/C18H18F3NO2/c1-12-6-3-4-9-16(12)24-13(2)17(23)22-11-14-7-5-8-15(10-14)18(19,20)21/h3-10,13H,11H2,1-2H3,(H,22,23). The van der Waals surface area contributed by atoms with Crippen LogP contribution in [-0.2, 0) is 17.5 Å². The largest absolute Gasteiger partial charge is 0.481 e. The van der Waals surface area contributed by atoms with Crippen molar-refractivity contribution < 1.29 is 22.7 Å². The lowest BCUT2D eigenvalue weighted by atomic mass is 10.1. The molecule has 1 amide bonds. The lowest BCUT2D eigenvalue weighted by Gasteiger charge is -2.16. The number of carbonyl (C=O) groups excluding carboxylic acids is 1. The van der Waals surface area contributed by atoms with Gasteiger partial charge in [0.15, 0.2) is 6.10 Å². The number of nitrogens with one attached hydrogen (secondary N) is 1. The average molecular weight is 337 g/mol. The van der Waals surface area contributed by atoms with Crippen molar-refractivity contribution in [1.29, 1.82) is 0 Å². The number of para-hydroxylation sites is 1. The Bertz CT molecular complexity index is 713. The van der Waals surface area contributed by atoms with Gasteiger partial charge in [-0.15, -0.1) is 0 Å². The van der Waals surface area contributed by atoms with Crippen molar-refractivity contribution in [2.24, 2.45) is 0 Å². The lowest BCUT2D eigenvalue weighted by molar-refractivity contribution is -0.137. The fourth-order valence-electron chi connectivity index (χ4n) is 2.12. The van der Waals surface area contributed by atoms with Crippen molar-refractivity contribution in [2.45, 2.75) is 32.7 Å². The van der Waals surface area contributed by atoms with E-state index in [-0.39, 0.29) is 6.54 Å². The van der Waals surface area contributed by atoms with Gasteiger partial charge in [-0.25, -0.2) is 0 Å². The molecule has 1 N–H and O–H groups in total. The first-order valence-corrected chi connectivity index (χ1v) is 7.43. The molecule has 0 aliphatic carbocycles. The SMILES string of the molecule is Cc1ccccc1OC(C)C(=O)NCc1cccc(C(F)(F)F)c1. The fraction of sp³-hybridized carbons (Fsp3) is 0.278. The first-order valence-electron chi connectivity index (χ1n) is 7.43. The van der Waals surface area contributed by atoms with Gasteiger partial charge in [-0.3, -0.25) is 4.79 Å². The Balaban J connectivity index is 1.94. The maximum atomic E-state index is 12.7. The van der Waals surface area contributed by atoms with Crippen LogP contribution in [0, 0.1) is 6.92 Å². The molecule has 0 radical (unpaired) electrons. The molecule has 0 saturated heterocycles. The maximum Gasteiger partial charge on any atom is 0.416 e. The minimum atomic E-state index is -4.40. The molecule has 0 aliphatic rings. The van der Waals surface area contributed by atoms with E-state index in [9.17, 15) is 18.0 Å². The number of rotatable bonds is 5. The molecule has 0 fully saturated rings. The predicted molar refractivity (Wildman–Crippen MR) is 84.6 cm³/mol. The zero-order valence-corrected chi connectivity index (χ0v) is 13.4. The zero-order chi connectivity index (χ0) is 17.7. The van der Waals surface area contributed by atoms with Crippen LogP contribution >= 0.6 is 0 Å². The molecule has 1 atom stereocenters. The maximum absolute atomic E-state index is 12.7. The summed E-state index contributed by atoms with van der Waals surface area (Å²) >= 11 is 0. The first-order chi connectivity index (χ1) is 11.3. The van der Waals surface area contributed by atoms with E-state index in [0.29, 0.717) is 11.3 Å². The summed E-state index contributed by atoms with van der Waals surface area (Å²) in [6.07, 6.45) is -5.15. The zero-order valence-electron chi connectivity index (χ0n) is 13.4. The Morgan fingerprint density at radius 1 is 1.17 bits per heavy atom. The average Bonchev–Trinajstić information content (AvgIpc) is 2.54. The van der Waals surface area contributed by atoms with Crippen LogP contribution in [0.3, 0.4) is 0 Å². The van der Waals surface area contributed by atoms with Gasteiger partial charge in [0.2, 0.25) is 0 Å². The van der Waals surface area contributed by atoms with Gasteiger partial charge < -0.3 is 10.1 Å². The Hall–Kier alpha value is -2.50. The second kappa shape index (κ2) is 7.38. The minimum Gasteiger partial charge on any atom is -0.481 e. The highest BCUT2D eigenvalue weighted by molar-refractivity contribution is 5.80. The van der Waals surface area contributed by atoms with Crippen LogP contribution in [0.4, 0.5) is 13.2 Å². The third kappa shape index (κ3) is 4.75. The number of carbonyl (C=O) groups is 1. The Morgan fingerprint density at radius 2 is 1.88 bits per heavy atom. The molecule has 2 rings (SSSR count). The molecule has 0 bridgehead atoms. The molecule has 0 aliphatic heterocycles. The topological polar surface area (TPSA) is 38.3 Å². The van der Waals surface area contributed by atoms with Crippen LogP contribution in [0.2, 0.25) is 0 Å². The van der Waals surface area contributed by atoms with E-state index in [0.717, 1.165) is 17.7 Å². The Labute approximate surface area is 138 Å². The molecule has 0 aromatic heterocycles. The van der Waals surface area contributed by atoms with E-state index in [1.807, 2.05) is 19.1 Å². The third-order valence-corrected chi connectivity index (χ3v) is 3.49. The summed E-state index contributed by atoms with van der Waals surface area (Å²) < 4.78 is 43.6. The van der Waals surface area contributed by atoms with Crippen LogP contribution in [0.1, 0.15) is 23.6 Å². The molecule has 0 saturated carbocycles. The summed E-state index contributed by atoms with van der Waals surface area (Å²) in [6.45, 7) is 3.46. The van der Waals surface area contributed by atoms with Crippen LogP contribution in [-0.4, -0.2) is 12.0 Å². The summed E-state index contributed by atoms with van der Waals surface area (Å²) in [4.78, 5) is 12.1. The second-order valence-electron chi connectivity index (χ2n) is 5.44. The van der Waals surface area contributed by atoms with Gasteiger partial charge in [0, 0.05) is 6.54 Å². The van der Waals surface area contributed by atoms with Crippen LogP contribution in [0.15, 0.2) is 48.5 Å². The number of amides is 1. The van der Waals surface area contributed by atoms with Crippen molar-refractivity contribution in [2.75, 3.05) is 0 Å². The molecule has 2 aromatic rings. The van der Waals surface area contributed by atoms with Crippen molar-refractivity contribution in [3.8, 4) is 5.75 Å². The quantitative estimate of drug-likeness (QED) is 0.892. The van der Waals surface area contributed by atoms with Gasteiger partial charge in [0.1, 0.15) is 5.75 Å². The number of halogens is 3. The normalized spacial score (nSPS) is 12.5. The Kier molecular flexibility index (Phi) is 5.49. The number of hydrogen-bond donors (Lipinski definition) is 1. The summed E-state index contributed by atoms with van der Waals surface area (Å²) in [5.74, 6) is 0.204. The summed E-state index contributed by atoms with van der Waals surface area (Å²) in [5, 5.41) is 2.59. The highest BCUT2D eigenvalue weighted by Gasteiger charge is 2.30. The number of alkyl halides is 3. The molecule has 0 heterocycles. The van der Waals surface area contributed by atoms with Crippen LogP contribution in [0.25, 0.3) is 0 Å². The van der Waals surface area contributed by atoms with Gasteiger partial charge in [-0.1, -0.05) is 30.3 Å². The van der Waals surface area contributed by atoms with Gasteiger partial charge >= 0.3 is 6.18 Å². The molecule has 2 aromatic carbocycles. The lowest BCUT2D eigenvalue weighted by Crippen LogP contribution is -2.36. The van der Waals surface area contributed by atoms with E-state index < -0.39 is 23.8 Å². The van der Waals surface area contributed by atoms with Gasteiger partial charge in [0.05, 0.1) is 5.56 Å². The summed E-state index contributed by atoms with van der Waals surface area (Å²) in [6, 6.07) is 12.1. The molecular weight excluding hydrogens is 319 g/mol. The van der Waals surface area contributed by atoms with Gasteiger partial charge in [0.25, 0.3) is 5.91 Å². The monoisotopic (exact) mass is 337 g/mol. The third-order valence-electron chi connectivity index (χ3n) is 3.49. The molecule has 1 unspecified atom stereocenters. The highest BCUT2D eigenvalue weighted by atomic mass is 19.4. The number of ether oxygens (including phenoxy) is 1. The van der Waals surface area contributed by atoms with Crippen LogP contribution in [0.5, 0.6) is 5.75 Å². The molecular formula is C18H18F3NO2. The summed E-state index contributed by atoms with van der Waals surface area (Å²) in [7, 11) is 0. The molecule has 128 valence electrons. The van der Waals surface area contributed by atoms with Crippen molar-refractivity contribution in [1.82, 2.24) is 5.32 Å². The smallest absolute Gasteiger partial charge is 0.416 e.